The summed E-state index contributed by atoms with van der Waals surface area (Å²) >= 11 is 0. The van der Waals surface area contributed by atoms with Crippen LogP contribution in [0.4, 0.5) is 17.1 Å². The smallest absolute Gasteiger partial charge is 0.272 e. The Balaban J connectivity index is 2.32. The predicted octanol–water partition coefficient (Wildman–Crippen LogP) is 6.62. The van der Waals surface area contributed by atoms with Crippen LogP contribution in [-0.4, -0.2) is 15.6 Å². The molecule has 0 fully saturated rings. The third kappa shape index (κ3) is 5.64. The van der Waals surface area contributed by atoms with Gasteiger partial charge < -0.3 is 0 Å². The Labute approximate surface area is 177 Å². The van der Waals surface area contributed by atoms with Crippen LogP contribution in [0.25, 0.3) is 0 Å². The number of anilines is 1. The van der Waals surface area contributed by atoms with Crippen LogP contribution in [0.15, 0.2) is 34.4 Å². The van der Waals surface area contributed by atoms with E-state index in [0.29, 0.717) is 5.92 Å². The molecule has 0 amide bonds. The molecule has 0 aliphatic heterocycles. The van der Waals surface area contributed by atoms with E-state index in [1.54, 1.807) is 5.57 Å². The minimum atomic E-state index is -0.643. The summed E-state index contributed by atoms with van der Waals surface area (Å²) in [5.41, 5.74) is 6.19. The maximum absolute atomic E-state index is 11.4. The van der Waals surface area contributed by atoms with E-state index in [1.165, 1.54) is 24.1 Å². The van der Waals surface area contributed by atoms with E-state index in [1.807, 2.05) is 0 Å². The SMILES string of the molecule is CCCCC1=C(C)C/C(=N/Nc2ccc([N+](=O)[O-])cc2[N+](=O)[O-])C(C)C1CCCC. The zero-order chi connectivity index (χ0) is 22.3. The quantitative estimate of drug-likeness (QED) is 0.261. The van der Waals surface area contributed by atoms with Gasteiger partial charge in [0.25, 0.3) is 5.69 Å². The summed E-state index contributed by atoms with van der Waals surface area (Å²) < 4.78 is 0. The number of nitro benzene ring substituents is 2. The molecule has 2 atom stereocenters. The van der Waals surface area contributed by atoms with Crippen molar-refractivity contribution in [3.8, 4) is 0 Å². The average molecular weight is 417 g/mol. The lowest BCUT2D eigenvalue weighted by molar-refractivity contribution is -0.393. The molecule has 0 heterocycles. The molecule has 164 valence electrons. The van der Waals surface area contributed by atoms with Gasteiger partial charge in [0.2, 0.25) is 0 Å². The van der Waals surface area contributed by atoms with Gasteiger partial charge in [-0.1, -0.05) is 51.2 Å². The molecule has 8 nitrogen and oxygen atoms in total. The van der Waals surface area contributed by atoms with Crippen LogP contribution in [0.5, 0.6) is 0 Å². The molecule has 30 heavy (non-hydrogen) atoms. The third-order valence-electron chi connectivity index (χ3n) is 5.95. The number of hydrogen-bond donors (Lipinski definition) is 1. The molecule has 0 saturated carbocycles. The minimum Gasteiger partial charge on any atom is -0.272 e. The number of hydrazone groups is 1. The lowest BCUT2D eigenvalue weighted by Gasteiger charge is -2.34. The van der Waals surface area contributed by atoms with E-state index >= 15 is 0 Å². The van der Waals surface area contributed by atoms with Gasteiger partial charge in [0.15, 0.2) is 0 Å². The first-order chi connectivity index (χ1) is 14.3. The molecule has 0 bridgehead atoms. The lowest BCUT2D eigenvalue weighted by Crippen LogP contribution is -2.29. The van der Waals surface area contributed by atoms with E-state index in [-0.39, 0.29) is 23.0 Å². The van der Waals surface area contributed by atoms with Gasteiger partial charge in [-0.2, -0.15) is 5.10 Å². The average Bonchev–Trinajstić information content (AvgIpc) is 2.71. The lowest BCUT2D eigenvalue weighted by atomic mass is 9.71. The van der Waals surface area contributed by atoms with Crippen LogP contribution in [0, 0.1) is 32.1 Å². The van der Waals surface area contributed by atoms with Crippen LogP contribution < -0.4 is 5.43 Å². The van der Waals surface area contributed by atoms with Crippen LogP contribution in [0.2, 0.25) is 0 Å². The molecule has 1 N–H and O–H groups in total. The van der Waals surface area contributed by atoms with Crippen LogP contribution >= 0.6 is 0 Å². The van der Waals surface area contributed by atoms with Crippen molar-refractivity contribution in [3.63, 3.8) is 0 Å². The molecule has 0 saturated heterocycles. The molecule has 1 aliphatic carbocycles. The first-order valence-electron chi connectivity index (χ1n) is 10.7. The molecule has 0 aromatic heterocycles. The number of nitro groups is 2. The minimum absolute atomic E-state index is 0.161. The van der Waals surface area contributed by atoms with Crippen molar-refractivity contribution in [2.45, 2.75) is 72.6 Å². The van der Waals surface area contributed by atoms with Gasteiger partial charge >= 0.3 is 5.69 Å². The van der Waals surface area contributed by atoms with Gasteiger partial charge in [0.05, 0.1) is 15.9 Å². The maximum atomic E-state index is 11.4. The highest BCUT2D eigenvalue weighted by molar-refractivity contribution is 5.91. The van der Waals surface area contributed by atoms with Crippen molar-refractivity contribution in [3.05, 3.63) is 49.6 Å². The highest BCUT2D eigenvalue weighted by Gasteiger charge is 2.31. The third-order valence-corrected chi connectivity index (χ3v) is 5.95. The predicted molar refractivity (Wildman–Crippen MR) is 120 cm³/mol. The number of hydrogen-bond acceptors (Lipinski definition) is 6. The van der Waals surface area contributed by atoms with E-state index in [0.717, 1.165) is 50.3 Å². The van der Waals surface area contributed by atoms with E-state index in [4.69, 9.17) is 0 Å². The van der Waals surface area contributed by atoms with Gasteiger partial charge in [-0.3, -0.25) is 25.7 Å². The first kappa shape index (κ1) is 23.5. The summed E-state index contributed by atoms with van der Waals surface area (Å²) in [7, 11) is 0. The standard InChI is InChI=1S/C22H32N4O4/c1-5-7-9-18-15(3)13-21(16(4)19(18)10-8-6-2)24-23-20-12-11-17(25(27)28)14-22(20)26(29)30/h11-12,14,16,19,23H,5-10,13H2,1-4H3/b24-21-. The van der Waals surface area contributed by atoms with Gasteiger partial charge in [-0.15, -0.1) is 0 Å². The number of benzene rings is 1. The Bertz CT molecular complexity index is 848. The molecule has 1 aromatic rings. The Morgan fingerprint density at radius 1 is 1.13 bits per heavy atom. The highest BCUT2D eigenvalue weighted by atomic mass is 16.6. The molecule has 2 rings (SSSR count). The van der Waals surface area contributed by atoms with E-state index in [2.05, 4.69) is 38.2 Å². The summed E-state index contributed by atoms with van der Waals surface area (Å²) in [4.78, 5) is 21.0. The fraction of sp³-hybridized carbons (Fsp3) is 0.591. The number of nitrogens with one attached hydrogen (secondary N) is 1. The summed E-state index contributed by atoms with van der Waals surface area (Å²) in [6.45, 7) is 8.75. The number of rotatable bonds is 10. The Kier molecular flexibility index (Phi) is 8.50. The van der Waals surface area contributed by atoms with Gasteiger partial charge in [-0.25, -0.2) is 0 Å². The van der Waals surface area contributed by atoms with E-state index < -0.39 is 9.85 Å². The molecular weight excluding hydrogens is 384 g/mol. The Morgan fingerprint density at radius 3 is 2.43 bits per heavy atom. The first-order valence-corrected chi connectivity index (χ1v) is 10.7. The second kappa shape index (κ2) is 10.8. The molecule has 0 spiro atoms. The number of nitrogens with zero attached hydrogens (tertiary/aromatic N) is 3. The Morgan fingerprint density at radius 2 is 1.83 bits per heavy atom. The van der Waals surface area contributed by atoms with Crippen LogP contribution in [0.1, 0.15) is 72.6 Å². The second-order valence-corrected chi connectivity index (χ2v) is 8.05. The second-order valence-electron chi connectivity index (χ2n) is 8.05. The summed E-state index contributed by atoms with van der Waals surface area (Å²) in [6, 6.07) is 3.56. The molecule has 8 heteroatoms. The fourth-order valence-electron chi connectivity index (χ4n) is 4.16. The highest BCUT2D eigenvalue weighted by Crippen LogP contribution is 2.39. The molecule has 1 aliphatic rings. The Hall–Kier alpha value is -2.77. The zero-order valence-electron chi connectivity index (χ0n) is 18.3. The molecule has 1 aromatic carbocycles. The number of non-ortho nitro benzene ring substituents is 1. The molecular formula is C22H32N4O4. The van der Waals surface area contributed by atoms with Crippen molar-refractivity contribution < 1.29 is 9.85 Å². The zero-order valence-corrected chi connectivity index (χ0v) is 18.3. The number of allylic oxidation sites excluding steroid dienone is 2. The fourth-order valence-corrected chi connectivity index (χ4v) is 4.16. The topological polar surface area (TPSA) is 111 Å². The van der Waals surface area contributed by atoms with Crippen molar-refractivity contribution >= 4 is 22.8 Å². The van der Waals surface area contributed by atoms with Gasteiger partial charge in [0.1, 0.15) is 5.69 Å². The van der Waals surface area contributed by atoms with Crippen molar-refractivity contribution in [1.29, 1.82) is 0 Å². The van der Waals surface area contributed by atoms with Crippen LogP contribution in [0.3, 0.4) is 0 Å². The largest absolute Gasteiger partial charge is 0.301 e. The van der Waals surface area contributed by atoms with E-state index in [9.17, 15) is 20.2 Å². The van der Waals surface area contributed by atoms with Crippen molar-refractivity contribution in [2.75, 3.05) is 5.43 Å². The maximum Gasteiger partial charge on any atom is 0.301 e. The summed E-state index contributed by atoms with van der Waals surface area (Å²) in [6.07, 6.45) is 7.63. The van der Waals surface area contributed by atoms with Gasteiger partial charge in [0, 0.05) is 24.1 Å². The monoisotopic (exact) mass is 416 g/mol. The molecule has 0 radical (unpaired) electrons. The summed E-state index contributed by atoms with van der Waals surface area (Å²) in [5, 5.41) is 26.8. The van der Waals surface area contributed by atoms with Gasteiger partial charge in [-0.05, 0) is 38.2 Å². The normalized spacial score (nSPS) is 20.5. The molecule has 2 unspecified atom stereocenters. The van der Waals surface area contributed by atoms with Crippen LogP contribution in [-0.2, 0) is 0 Å². The van der Waals surface area contributed by atoms with Crippen molar-refractivity contribution in [1.82, 2.24) is 0 Å². The van der Waals surface area contributed by atoms with Crippen molar-refractivity contribution in [2.24, 2.45) is 16.9 Å². The summed E-state index contributed by atoms with van der Waals surface area (Å²) in [5.74, 6) is 0.689. The number of unbranched alkanes of at least 4 members (excludes halogenated alkanes) is 2.